The lowest BCUT2D eigenvalue weighted by molar-refractivity contribution is -0.0245. The Balaban J connectivity index is 1.57. The minimum absolute atomic E-state index is 0.0187. The largest absolute Gasteiger partial charge is 0.375 e. The Labute approximate surface area is 138 Å². The Morgan fingerprint density at radius 3 is 3.13 bits per heavy atom. The number of amides is 1. The van der Waals surface area contributed by atoms with Crippen molar-refractivity contribution >= 4 is 17.2 Å². The molecule has 1 amide bonds. The number of nitrogens with one attached hydrogen (secondary N) is 1. The number of hydrogen-bond donors (Lipinski definition) is 1. The number of carbonyl (C=O) groups is 1. The predicted octanol–water partition coefficient (Wildman–Crippen LogP) is 1.61. The molecule has 122 valence electrons. The number of rotatable bonds is 4. The second-order valence-corrected chi connectivity index (χ2v) is 6.58. The summed E-state index contributed by atoms with van der Waals surface area (Å²) < 4.78 is 5.75. The number of carbonyl (C=O) groups excluding carboxylic acids is 1. The molecule has 23 heavy (non-hydrogen) atoms. The Morgan fingerprint density at radius 2 is 2.39 bits per heavy atom. The highest BCUT2D eigenvalue weighted by atomic mass is 32.1. The fourth-order valence-electron chi connectivity index (χ4n) is 2.63. The first-order valence-electron chi connectivity index (χ1n) is 7.61. The molecule has 1 aliphatic heterocycles. The van der Waals surface area contributed by atoms with Crippen LogP contribution < -0.4 is 5.56 Å². The van der Waals surface area contributed by atoms with Crippen LogP contribution in [-0.4, -0.2) is 46.6 Å². The molecular formula is C16H19N3O3S. The number of morpholine rings is 1. The molecule has 7 heteroatoms. The minimum Gasteiger partial charge on any atom is -0.375 e. The van der Waals surface area contributed by atoms with E-state index in [0.29, 0.717) is 26.1 Å². The lowest BCUT2D eigenvalue weighted by Gasteiger charge is -2.32. The van der Waals surface area contributed by atoms with Crippen molar-refractivity contribution in [2.24, 2.45) is 0 Å². The molecule has 6 nitrogen and oxygen atoms in total. The van der Waals surface area contributed by atoms with E-state index >= 15 is 0 Å². The molecule has 1 atom stereocenters. The molecule has 1 unspecified atom stereocenters. The van der Waals surface area contributed by atoms with E-state index < -0.39 is 0 Å². The molecule has 3 heterocycles. The number of thiophene rings is 1. The van der Waals surface area contributed by atoms with Gasteiger partial charge in [0.2, 0.25) is 0 Å². The molecule has 0 radical (unpaired) electrons. The van der Waals surface area contributed by atoms with Crippen LogP contribution in [0.25, 0.3) is 0 Å². The first-order valence-corrected chi connectivity index (χ1v) is 8.49. The molecule has 1 N–H and O–H groups in total. The summed E-state index contributed by atoms with van der Waals surface area (Å²) in [5.41, 5.74) is 1.71. The van der Waals surface area contributed by atoms with Gasteiger partial charge in [0.25, 0.3) is 11.5 Å². The van der Waals surface area contributed by atoms with Gasteiger partial charge in [-0.3, -0.25) is 9.59 Å². The summed E-state index contributed by atoms with van der Waals surface area (Å²) in [5, 5.41) is 1.99. The van der Waals surface area contributed by atoms with Crippen LogP contribution >= 0.6 is 11.3 Å². The van der Waals surface area contributed by atoms with Gasteiger partial charge in [0, 0.05) is 24.8 Å². The van der Waals surface area contributed by atoms with Crippen molar-refractivity contribution in [3.8, 4) is 0 Å². The van der Waals surface area contributed by atoms with E-state index in [2.05, 4.69) is 9.97 Å². The van der Waals surface area contributed by atoms with Gasteiger partial charge < -0.3 is 14.6 Å². The number of aromatic nitrogens is 2. The zero-order chi connectivity index (χ0) is 16.2. The molecule has 1 fully saturated rings. The van der Waals surface area contributed by atoms with Gasteiger partial charge in [-0.05, 0) is 36.8 Å². The van der Waals surface area contributed by atoms with Crippen LogP contribution in [0.4, 0.5) is 0 Å². The molecule has 3 rings (SSSR count). The van der Waals surface area contributed by atoms with Crippen molar-refractivity contribution < 1.29 is 9.53 Å². The van der Waals surface area contributed by atoms with Crippen LogP contribution in [0.1, 0.15) is 27.3 Å². The Hall–Kier alpha value is -1.99. The van der Waals surface area contributed by atoms with E-state index in [-0.39, 0.29) is 17.6 Å². The molecule has 2 aromatic rings. The number of hydrogen-bond acceptors (Lipinski definition) is 5. The summed E-state index contributed by atoms with van der Waals surface area (Å²) >= 11 is 1.48. The van der Waals surface area contributed by atoms with Crippen molar-refractivity contribution in [2.75, 3.05) is 19.7 Å². The number of nitrogens with zero attached hydrogens (tertiary/aromatic N) is 2. The lowest BCUT2D eigenvalue weighted by Crippen LogP contribution is -2.45. The maximum Gasteiger partial charge on any atom is 0.264 e. The van der Waals surface area contributed by atoms with Crippen LogP contribution in [0, 0.1) is 6.92 Å². The monoisotopic (exact) mass is 333 g/mol. The van der Waals surface area contributed by atoms with Crippen molar-refractivity contribution in [3.05, 3.63) is 50.3 Å². The molecule has 1 saturated heterocycles. The smallest absolute Gasteiger partial charge is 0.264 e. The number of H-pyrrole nitrogens is 1. The van der Waals surface area contributed by atoms with Crippen molar-refractivity contribution in [3.63, 3.8) is 0 Å². The van der Waals surface area contributed by atoms with Crippen LogP contribution in [-0.2, 0) is 11.2 Å². The second kappa shape index (κ2) is 7.06. The van der Waals surface area contributed by atoms with Gasteiger partial charge >= 0.3 is 0 Å². The highest BCUT2D eigenvalue weighted by Gasteiger charge is 2.25. The van der Waals surface area contributed by atoms with E-state index in [9.17, 15) is 9.59 Å². The maximum absolute atomic E-state index is 12.5. The SMILES string of the molecule is Cc1csc(C(=O)N2CCOC(CCc3cc(=O)[nH]cn3)C2)c1. The third kappa shape index (κ3) is 4.05. The van der Waals surface area contributed by atoms with Crippen LogP contribution in [0.2, 0.25) is 0 Å². The van der Waals surface area contributed by atoms with Gasteiger partial charge in [-0.25, -0.2) is 4.98 Å². The van der Waals surface area contributed by atoms with Gasteiger partial charge in [0.15, 0.2) is 0 Å². The summed E-state index contributed by atoms with van der Waals surface area (Å²) in [5.74, 6) is 0.0747. The molecule has 0 aliphatic carbocycles. The molecule has 0 spiro atoms. The van der Waals surface area contributed by atoms with E-state index in [4.69, 9.17) is 4.74 Å². The average molecular weight is 333 g/mol. The lowest BCUT2D eigenvalue weighted by atomic mass is 10.1. The summed E-state index contributed by atoms with van der Waals surface area (Å²) in [6, 6.07) is 3.43. The summed E-state index contributed by atoms with van der Waals surface area (Å²) in [6.07, 6.45) is 2.79. The fraction of sp³-hybridized carbons (Fsp3) is 0.438. The van der Waals surface area contributed by atoms with E-state index in [1.54, 1.807) is 0 Å². The first kappa shape index (κ1) is 15.9. The first-order chi connectivity index (χ1) is 11.1. The summed E-state index contributed by atoms with van der Waals surface area (Å²) in [7, 11) is 0. The highest BCUT2D eigenvalue weighted by Crippen LogP contribution is 2.19. The predicted molar refractivity (Wildman–Crippen MR) is 87.9 cm³/mol. The van der Waals surface area contributed by atoms with Gasteiger partial charge in [-0.15, -0.1) is 11.3 Å². The quantitative estimate of drug-likeness (QED) is 0.922. The van der Waals surface area contributed by atoms with Crippen molar-refractivity contribution in [2.45, 2.75) is 25.9 Å². The third-order valence-corrected chi connectivity index (χ3v) is 4.86. The summed E-state index contributed by atoms with van der Waals surface area (Å²) in [6.45, 7) is 3.74. The Morgan fingerprint density at radius 1 is 1.52 bits per heavy atom. The number of ether oxygens (including phenoxy) is 1. The maximum atomic E-state index is 12.5. The zero-order valence-corrected chi connectivity index (χ0v) is 13.8. The van der Waals surface area contributed by atoms with E-state index in [0.717, 1.165) is 22.6 Å². The molecule has 0 bridgehead atoms. The number of aryl methyl sites for hydroxylation is 2. The second-order valence-electron chi connectivity index (χ2n) is 5.67. The molecular weight excluding hydrogens is 314 g/mol. The fourth-order valence-corrected chi connectivity index (χ4v) is 3.50. The molecule has 0 aromatic carbocycles. The minimum atomic E-state index is -0.149. The van der Waals surface area contributed by atoms with Crippen molar-refractivity contribution in [1.29, 1.82) is 0 Å². The van der Waals surface area contributed by atoms with Crippen molar-refractivity contribution in [1.82, 2.24) is 14.9 Å². The van der Waals surface area contributed by atoms with Gasteiger partial charge in [-0.2, -0.15) is 0 Å². The molecule has 2 aromatic heterocycles. The highest BCUT2D eigenvalue weighted by molar-refractivity contribution is 7.12. The van der Waals surface area contributed by atoms with Gasteiger partial charge in [-0.1, -0.05) is 0 Å². The molecule has 1 aliphatic rings. The summed E-state index contributed by atoms with van der Waals surface area (Å²) in [4.78, 5) is 33.0. The number of aromatic amines is 1. The van der Waals surface area contributed by atoms with E-state index in [1.165, 1.54) is 23.7 Å². The third-order valence-electron chi connectivity index (χ3n) is 3.82. The topological polar surface area (TPSA) is 75.3 Å². The normalized spacial score (nSPS) is 18.1. The van der Waals surface area contributed by atoms with Gasteiger partial charge in [0.05, 0.1) is 23.9 Å². The van der Waals surface area contributed by atoms with Gasteiger partial charge in [0.1, 0.15) is 0 Å². The van der Waals surface area contributed by atoms with Crippen LogP contribution in [0.3, 0.4) is 0 Å². The van der Waals surface area contributed by atoms with Crippen LogP contribution in [0.5, 0.6) is 0 Å². The Kier molecular flexibility index (Phi) is 4.88. The standard InChI is InChI=1S/C16H19N3O3S/c1-11-6-14(23-9-11)16(21)19-4-5-22-13(8-19)3-2-12-7-15(20)18-10-17-12/h6-7,9-10,13H,2-5,8H2,1H3,(H,17,18,20). The Bertz CT molecular complexity index is 740. The van der Waals surface area contributed by atoms with Crippen LogP contribution in [0.15, 0.2) is 28.6 Å². The zero-order valence-electron chi connectivity index (χ0n) is 12.9. The molecule has 0 saturated carbocycles. The average Bonchev–Trinajstić information content (AvgIpc) is 2.99. The van der Waals surface area contributed by atoms with E-state index in [1.807, 2.05) is 23.3 Å².